The number of nitrogens with two attached hydrogens (primary N) is 1. The molecule has 3 N–H and O–H groups in total. The summed E-state index contributed by atoms with van der Waals surface area (Å²) in [7, 11) is 0. The minimum absolute atomic E-state index is 0. The lowest BCUT2D eigenvalue weighted by molar-refractivity contribution is -0.123. The number of carbonyl (C=O) groups excluding carboxylic acids is 1. The highest BCUT2D eigenvalue weighted by Crippen LogP contribution is 2.39. The Balaban J connectivity index is 0.00000200. The topological polar surface area (TPSA) is 55.1 Å². The van der Waals surface area contributed by atoms with Crippen molar-refractivity contribution in [2.45, 2.75) is 44.1 Å². The molecule has 0 aliphatic heterocycles. The second-order valence-corrected chi connectivity index (χ2v) is 5.67. The third-order valence-corrected chi connectivity index (χ3v) is 4.09. The van der Waals surface area contributed by atoms with Crippen LogP contribution in [0.25, 0.3) is 0 Å². The van der Waals surface area contributed by atoms with Gasteiger partial charge in [-0.15, -0.1) is 12.4 Å². The zero-order chi connectivity index (χ0) is 13.7. The van der Waals surface area contributed by atoms with Gasteiger partial charge in [-0.1, -0.05) is 36.6 Å². The van der Waals surface area contributed by atoms with E-state index in [0.717, 1.165) is 42.7 Å². The van der Waals surface area contributed by atoms with Gasteiger partial charge in [-0.05, 0) is 43.5 Å². The van der Waals surface area contributed by atoms with E-state index in [1.54, 1.807) is 0 Å². The highest BCUT2D eigenvalue weighted by atomic mass is 35.5. The molecule has 0 radical (unpaired) electrons. The van der Waals surface area contributed by atoms with Crippen LogP contribution in [0.15, 0.2) is 24.3 Å². The summed E-state index contributed by atoms with van der Waals surface area (Å²) in [6, 6.07) is 7.83. The molecule has 0 unspecified atom stereocenters. The standard InChI is InChI=1S/C15H21ClN2O.ClH/c16-13-7-5-12(6-8-13)15(9-1-2-10-15)18-14(19)4-3-11-17;/h5-8H,1-4,9-11,17H2,(H,18,19);1H. The van der Waals surface area contributed by atoms with Gasteiger partial charge < -0.3 is 11.1 Å². The first-order chi connectivity index (χ1) is 9.16. The smallest absolute Gasteiger partial charge is 0.220 e. The number of benzene rings is 1. The summed E-state index contributed by atoms with van der Waals surface area (Å²) in [6.07, 6.45) is 5.56. The summed E-state index contributed by atoms with van der Waals surface area (Å²) in [5.41, 5.74) is 6.42. The lowest BCUT2D eigenvalue weighted by atomic mass is 9.88. The van der Waals surface area contributed by atoms with Gasteiger partial charge in [0.1, 0.15) is 0 Å². The lowest BCUT2D eigenvalue weighted by Crippen LogP contribution is -2.43. The Bertz CT molecular complexity index is 428. The van der Waals surface area contributed by atoms with E-state index in [4.69, 9.17) is 17.3 Å². The Morgan fingerprint density at radius 2 is 1.85 bits per heavy atom. The highest BCUT2D eigenvalue weighted by molar-refractivity contribution is 6.30. The number of rotatable bonds is 5. The number of nitrogens with one attached hydrogen (secondary N) is 1. The molecule has 1 aromatic rings. The molecule has 1 aliphatic carbocycles. The molecule has 1 fully saturated rings. The molecule has 20 heavy (non-hydrogen) atoms. The average Bonchev–Trinajstić information content (AvgIpc) is 2.86. The molecule has 3 nitrogen and oxygen atoms in total. The SMILES string of the molecule is Cl.NCCCC(=O)NC1(c2ccc(Cl)cc2)CCCC1. The molecule has 1 aliphatic rings. The van der Waals surface area contributed by atoms with E-state index < -0.39 is 0 Å². The van der Waals surface area contributed by atoms with Crippen molar-refractivity contribution in [3.8, 4) is 0 Å². The van der Waals surface area contributed by atoms with Crippen molar-refractivity contribution < 1.29 is 4.79 Å². The fourth-order valence-corrected chi connectivity index (χ4v) is 2.95. The fourth-order valence-electron chi connectivity index (χ4n) is 2.83. The van der Waals surface area contributed by atoms with E-state index in [2.05, 4.69) is 5.32 Å². The van der Waals surface area contributed by atoms with Crippen LogP contribution in [0.2, 0.25) is 5.02 Å². The van der Waals surface area contributed by atoms with Crippen molar-refractivity contribution in [1.29, 1.82) is 0 Å². The normalized spacial score (nSPS) is 16.5. The molecule has 1 aromatic carbocycles. The van der Waals surface area contributed by atoms with Crippen LogP contribution in [-0.2, 0) is 10.3 Å². The van der Waals surface area contributed by atoms with Gasteiger partial charge in [-0.25, -0.2) is 0 Å². The maximum absolute atomic E-state index is 12.0. The Morgan fingerprint density at radius 3 is 2.40 bits per heavy atom. The van der Waals surface area contributed by atoms with Crippen LogP contribution >= 0.6 is 24.0 Å². The molecular formula is C15H22Cl2N2O. The van der Waals surface area contributed by atoms with Gasteiger partial charge in [0.15, 0.2) is 0 Å². The second-order valence-electron chi connectivity index (χ2n) is 5.24. The van der Waals surface area contributed by atoms with Crippen LogP contribution < -0.4 is 11.1 Å². The van der Waals surface area contributed by atoms with Crippen molar-refractivity contribution in [2.24, 2.45) is 5.73 Å². The summed E-state index contributed by atoms with van der Waals surface area (Å²) in [5, 5.41) is 3.95. The van der Waals surface area contributed by atoms with E-state index in [1.165, 1.54) is 0 Å². The van der Waals surface area contributed by atoms with Crippen molar-refractivity contribution >= 4 is 29.9 Å². The predicted molar refractivity (Wildman–Crippen MR) is 85.3 cm³/mol. The zero-order valence-electron chi connectivity index (χ0n) is 11.5. The molecule has 0 saturated heterocycles. The largest absolute Gasteiger partial charge is 0.347 e. The molecule has 1 amide bonds. The maximum Gasteiger partial charge on any atom is 0.220 e. The predicted octanol–water partition coefficient (Wildman–Crippen LogP) is 3.39. The van der Waals surface area contributed by atoms with Crippen LogP contribution in [0.1, 0.15) is 44.1 Å². The third kappa shape index (κ3) is 4.11. The molecule has 112 valence electrons. The van der Waals surface area contributed by atoms with E-state index in [9.17, 15) is 4.79 Å². The van der Waals surface area contributed by atoms with Gasteiger partial charge in [0.2, 0.25) is 5.91 Å². The number of hydrogen-bond acceptors (Lipinski definition) is 2. The van der Waals surface area contributed by atoms with Gasteiger partial charge in [-0.3, -0.25) is 4.79 Å². The van der Waals surface area contributed by atoms with Crippen molar-refractivity contribution in [3.05, 3.63) is 34.9 Å². The minimum atomic E-state index is -0.198. The van der Waals surface area contributed by atoms with Gasteiger partial charge in [0, 0.05) is 11.4 Å². The molecule has 0 spiro atoms. The second kappa shape index (κ2) is 7.87. The molecular weight excluding hydrogens is 295 g/mol. The van der Waals surface area contributed by atoms with E-state index in [1.807, 2.05) is 24.3 Å². The van der Waals surface area contributed by atoms with Crippen LogP contribution in [0.3, 0.4) is 0 Å². The fraction of sp³-hybridized carbons (Fsp3) is 0.533. The Hall–Kier alpha value is -0.770. The van der Waals surface area contributed by atoms with Gasteiger partial charge in [0.05, 0.1) is 5.54 Å². The van der Waals surface area contributed by atoms with Crippen LogP contribution in [0.5, 0.6) is 0 Å². The first kappa shape index (κ1) is 17.3. The minimum Gasteiger partial charge on any atom is -0.347 e. The molecule has 5 heteroatoms. The molecule has 0 bridgehead atoms. The first-order valence-corrected chi connectivity index (χ1v) is 7.31. The monoisotopic (exact) mass is 316 g/mol. The molecule has 2 rings (SSSR count). The van der Waals surface area contributed by atoms with Crippen LogP contribution in [0, 0.1) is 0 Å². The summed E-state index contributed by atoms with van der Waals surface area (Å²) >= 11 is 5.94. The van der Waals surface area contributed by atoms with Crippen LogP contribution in [-0.4, -0.2) is 12.5 Å². The molecule has 1 saturated carbocycles. The third-order valence-electron chi connectivity index (χ3n) is 3.84. The highest BCUT2D eigenvalue weighted by Gasteiger charge is 2.36. The van der Waals surface area contributed by atoms with Crippen molar-refractivity contribution in [1.82, 2.24) is 5.32 Å². The summed E-state index contributed by atoms with van der Waals surface area (Å²) in [5.74, 6) is 0.0994. The van der Waals surface area contributed by atoms with E-state index >= 15 is 0 Å². The summed E-state index contributed by atoms with van der Waals surface area (Å²) < 4.78 is 0. The number of hydrogen-bond donors (Lipinski definition) is 2. The zero-order valence-corrected chi connectivity index (χ0v) is 13.1. The van der Waals surface area contributed by atoms with Gasteiger partial charge in [-0.2, -0.15) is 0 Å². The molecule has 0 atom stereocenters. The Morgan fingerprint density at radius 1 is 1.25 bits per heavy atom. The van der Waals surface area contributed by atoms with E-state index in [0.29, 0.717) is 13.0 Å². The summed E-state index contributed by atoms with van der Waals surface area (Å²) in [4.78, 5) is 12.0. The van der Waals surface area contributed by atoms with Gasteiger partial charge >= 0.3 is 0 Å². The Labute approximate surface area is 131 Å². The number of halogens is 2. The maximum atomic E-state index is 12.0. The summed E-state index contributed by atoms with van der Waals surface area (Å²) in [6.45, 7) is 0.557. The molecule has 0 heterocycles. The average molecular weight is 317 g/mol. The van der Waals surface area contributed by atoms with Crippen LogP contribution in [0.4, 0.5) is 0 Å². The van der Waals surface area contributed by atoms with Gasteiger partial charge in [0.25, 0.3) is 0 Å². The van der Waals surface area contributed by atoms with Crippen molar-refractivity contribution in [3.63, 3.8) is 0 Å². The quantitative estimate of drug-likeness (QED) is 0.874. The Kier molecular flexibility index (Phi) is 6.80. The lowest BCUT2D eigenvalue weighted by Gasteiger charge is -2.31. The molecule has 0 aromatic heterocycles. The van der Waals surface area contributed by atoms with E-state index in [-0.39, 0.29) is 23.9 Å². The number of amides is 1. The first-order valence-electron chi connectivity index (χ1n) is 6.93. The number of carbonyl (C=O) groups is 1. The van der Waals surface area contributed by atoms with Crippen molar-refractivity contribution in [2.75, 3.05) is 6.54 Å².